The van der Waals surface area contributed by atoms with Crippen molar-refractivity contribution in [2.45, 2.75) is 0 Å². The van der Waals surface area contributed by atoms with Crippen LogP contribution in [-0.4, -0.2) is 17.0 Å². The summed E-state index contributed by atoms with van der Waals surface area (Å²) < 4.78 is 8.37. The summed E-state index contributed by atoms with van der Waals surface area (Å²) in [6.07, 6.45) is 1.64. The molecule has 0 fully saturated rings. The molecule has 0 unspecified atom stereocenters. The van der Waals surface area contributed by atoms with Crippen molar-refractivity contribution < 1.29 is 0 Å². The van der Waals surface area contributed by atoms with E-state index in [-0.39, 0.29) is 0 Å². The van der Waals surface area contributed by atoms with Gasteiger partial charge in [-0.25, -0.2) is 4.98 Å². The molecule has 0 amide bonds. The van der Waals surface area contributed by atoms with Gasteiger partial charge in [0.25, 0.3) is 0 Å². The lowest BCUT2D eigenvalue weighted by Gasteiger charge is -2.11. The van der Waals surface area contributed by atoms with Gasteiger partial charge in [-0.15, -0.1) is 0 Å². The molecule has 0 spiro atoms. The summed E-state index contributed by atoms with van der Waals surface area (Å²) in [5, 5.41) is 6.93. The van der Waals surface area contributed by atoms with Crippen molar-refractivity contribution in [3.8, 4) is 0 Å². The van der Waals surface area contributed by atoms with Crippen LogP contribution in [0.5, 0.6) is 0 Å². The van der Waals surface area contributed by atoms with Gasteiger partial charge in [0.2, 0.25) is 5.95 Å². The first-order valence-electron chi connectivity index (χ1n) is 5.57. The molecule has 1 aromatic heterocycles. The van der Waals surface area contributed by atoms with Crippen LogP contribution in [0.25, 0.3) is 0 Å². The number of nitrogens with zero attached hydrogens (tertiary/aromatic N) is 4. The van der Waals surface area contributed by atoms with Crippen molar-refractivity contribution in [3.63, 3.8) is 0 Å². The van der Waals surface area contributed by atoms with Gasteiger partial charge in [0, 0.05) is 13.2 Å². The fourth-order valence-electron chi connectivity index (χ4n) is 1.67. The van der Waals surface area contributed by atoms with E-state index < -0.39 is 0 Å². The average Bonchev–Trinajstić information content (AvgIpc) is 2.93. The second-order valence-corrected chi connectivity index (χ2v) is 5.16. The SMILES string of the molecule is CNc1nccc(Nc2c(Cl)cc(Cl)c3c2N=S=N3)n1. The Labute approximate surface area is 128 Å². The average molecular weight is 327 g/mol. The summed E-state index contributed by atoms with van der Waals surface area (Å²) >= 11 is 13.4. The molecular weight excluding hydrogens is 319 g/mol. The zero-order chi connectivity index (χ0) is 14.1. The molecule has 2 heterocycles. The van der Waals surface area contributed by atoms with Crippen molar-refractivity contribution in [3.05, 3.63) is 28.4 Å². The van der Waals surface area contributed by atoms with E-state index in [0.29, 0.717) is 38.9 Å². The van der Waals surface area contributed by atoms with E-state index in [4.69, 9.17) is 23.2 Å². The molecule has 0 bridgehead atoms. The minimum Gasteiger partial charge on any atom is -0.357 e. The molecule has 1 aromatic carbocycles. The van der Waals surface area contributed by atoms with Crippen LogP contribution in [0.2, 0.25) is 10.0 Å². The smallest absolute Gasteiger partial charge is 0.224 e. The van der Waals surface area contributed by atoms with Crippen molar-refractivity contribution in [2.75, 3.05) is 17.7 Å². The molecule has 3 rings (SSSR count). The van der Waals surface area contributed by atoms with E-state index in [0.717, 1.165) is 11.4 Å². The van der Waals surface area contributed by atoms with Gasteiger partial charge in [0.05, 0.1) is 27.1 Å². The van der Waals surface area contributed by atoms with E-state index >= 15 is 0 Å². The molecule has 1 aliphatic rings. The quantitative estimate of drug-likeness (QED) is 0.752. The number of rotatable bonds is 3. The third-order valence-electron chi connectivity index (χ3n) is 2.58. The van der Waals surface area contributed by atoms with Crippen LogP contribution >= 0.6 is 23.2 Å². The van der Waals surface area contributed by atoms with Gasteiger partial charge < -0.3 is 10.6 Å². The Morgan fingerprint density at radius 1 is 1.15 bits per heavy atom. The van der Waals surface area contributed by atoms with Crippen molar-refractivity contribution in [1.82, 2.24) is 9.97 Å². The molecule has 0 atom stereocenters. The normalized spacial score (nSPS) is 11.9. The second-order valence-electron chi connectivity index (χ2n) is 3.82. The van der Waals surface area contributed by atoms with Crippen LogP contribution in [-0.2, 0) is 11.4 Å². The summed E-state index contributed by atoms with van der Waals surface area (Å²) in [4.78, 5) is 8.32. The van der Waals surface area contributed by atoms with Crippen molar-refractivity contribution in [2.24, 2.45) is 8.73 Å². The van der Waals surface area contributed by atoms with E-state index in [1.807, 2.05) is 0 Å². The van der Waals surface area contributed by atoms with Gasteiger partial charge >= 0.3 is 0 Å². The third-order valence-corrected chi connectivity index (χ3v) is 3.69. The lowest BCUT2D eigenvalue weighted by Crippen LogP contribution is -2.00. The maximum absolute atomic E-state index is 6.22. The molecular formula is C11H8Cl2N6S. The number of benzene rings is 1. The second kappa shape index (κ2) is 5.35. The Kier molecular flexibility index (Phi) is 3.56. The molecule has 9 heteroatoms. The summed E-state index contributed by atoms with van der Waals surface area (Å²) in [6.45, 7) is 0. The molecule has 20 heavy (non-hydrogen) atoms. The number of hydrogen-bond acceptors (Lipinski definition) is 6. The topological polar surface area (TPSA) is 74.6 Å². The minimum atomic E-state index is 0.458. The van der Waals surface area contributed by atoms with Crippen LogP contribution in [0.1, 0.15) is 0 Å². The molecule has 0 aliphatic carbocycles. The van der Waals surface area contributed by atoms with Crippen molar-refractivity contribution >= 4 is 63.4 Å². The molecule has 2 aromatic rings. The predicted molar refractivity (Wildman–Crippen MR) is 82.9 cm³/mol. The lowest BCUT2D eigenvalue weighted by atomic mass is 10.2. The first-order valence-corrected chi connectivity index (χ1v) is 7.05. The maximum atomic E-state index is 6.22. The number of fused-ring (bicyclic) bond motifs is 1. The van der Waals surface area contributed by atoms with Gasteiger partial charge in [-0.05, 0) is 12.1 Å². The number of hydrogen-bond donors (Lipinski definition) is 2. The van der Waals surface area contributed by atoms with Crippen LogP contribution in [0.15, 0.2) is 27.1 Å². The molecule has 0 saturated heterocycles. The highest BCUT2D eigenvalue weighted by molar-refractivity contribution is 7.58. The van der Waals surface area contributed by atoms with E-state index in [1.54, 1.807) is 25.4 Å². The highest BCUT2D eigenvalue weighted by atomic mass is 35.5. The summed E-state index contributed by atoms with van der Waals surface area (Å²) in [6, 6.07) is 3.37. The molecule has 1 aliphatic heterocycles. The Morgan fingerprint density at radius 3 is 2.75 bits per heavy atom. The Balaban J connectivity index is 2.03. The molecule has 0 radical (unpaired) electrons. The van der Waals surface area contributed by atoms with Gasteiger partial charge in [-0.2, -0.15) is 13.7 Å². The monoisotopic (exact) mass is 326 g/mol. The highest BCUT2D eigenvalue weighted by Crippen LogP contribution is 2.48. The van der Waals surface area contributed by atoms with Gasteiger partial charge in [0.15, 0.2) is 0 Å². The fraction of sp³-hybridized carbons (Fsp3) is 0.0909. The van der Waals surface area contributed by atoms with E-state index in [2.05, 4.69) is 29.3 Å². The summed E-state index contributed by atoms with van der Waals surface area (Å²) in [5.41, 5.74) is 1.86. The Morgan fingerprint density at radius 2 is 1.95 bits per heavy atom. The Bertz CT molecular complexity index is 757. The zero-order valence-electron chi connectivity index (χ0n) is 10.2. The number of halogens is 2. The largest absolute Gasteiger partial charge is 0.357 e. The van der Waals surface area contributed by atoms with Crippen LogP contribution in [0, 0.1) is 0 Å². The molecule has 6 nitrogen and oxygen atoms in total. The number of nitrogens with one attached hydrogen (secondary N) is 2. The van der Waals surface area contributed by atoms with Crippen LogP contribution in [0.4, 0.5) is 28.8 Å². The number of aromatic nitrogens is 2. The van der Waals surface area contributed by atoms with E-state index in [9.17, 15) is 0 Å². The van der Waals surface area contributed by atoms with Gasteiger partial charge in [-0.1, -0.05) is 23.2 Å². The minimum absolute atomic E-state index is 0.458. The lowest BCUT2D eigenvalue weighted by molar-refractivity contribution is 1.15. The highest BCUT2D eigenvalue weighted by Gasteiger charge is 2.19. The molecule has 0 saturated carbocycles. The maximum Gasteiger partial charge on any atom is 0.224 e. The van der Waals surface area contributed by atoms with Gasteiger partial charge in [-0.3, -0.25) is 0 Å². The summed E-state index contributed by atoms with van der Waals surface area (Å²) in [5.74, 6) is 1.11. The fourth-order valence-corrected chi connectivity index (χ4v) is 2.83. The summed E-state index contributed by atoms with van der Waals surface area (Å²) in [7, 11) is 1.75. The van der Waals surface area contributed by atoms with E-state index in [1.165, 1.54) is 0 Å². The predicted octanol–water partition coefficient (Wildman–Crippen LogP) is 4.30. The first kappa shape index (κ1) is 13.3. The zero-order valence-corrected chi connectivity index (χ0v) is 12.5. The molecule has 102 valence electrons. The number of anilines is 3. The van der Waals surface area contributed by atoms with Crippen molar-refractivity contribution in [1.29, 1.82) is 0 Å². The van der Waals surface area contributed by atoms with Crippen LogP contribution < -0.4 is 10.6 Å². The third kappa shape index (κ3) is 2.35. The standard InChI is InChI=1S/C11H8Cl2N6S/c1-14-11-15-3-2-7(17-11)16-8-5(12)4-6(13)9-10(8)19-20-18-9/h2-4H,1H3,(H2,14,15,16,17). The first-order chi connectivity index (χ1) is 9.69. The van der Waals surface area contributed by atoms with Crippen LogP contribution in [0.3, 0.4) is 0 Å². The molecule has 2 N–H and O–H groups in total. The Hall–Kier alpha value is -1.70. The van der Waals surface area contributed by atoms with Gasteiger partial charge in [0.1, 0.15) is 17.2 Å².